The maximum atomic E-state index is 12.3. The Morgan fingerprint density at radius 1 is 0.982 bits per heavy atom. The number of fused-ring (bicyclic) bond motifs is 1. The molecule has 1 atom stereocenters. The molecule has 0 unspecified atom stereocenters. The zero-order valence-electron chi connectivity index (χ0n) is 31.1. The average molecular weight is 800 g/mol. The number of imidazole rings is 1. The number of carbonyl (C=O) groups excluding carboxylic acids is 3. The highest BCUT2D eigenvalue weighted by molar-refractivity contribution is 6.39. The van der Waals surface area contributed by atoms with Crippen LogP contribution in [0.3, 0.4) is 0 Å². The van der Waals surface area contributed by atoms with E-state index in [0.29, 0.717) is 74.5 Å². The summed E-state index contributed by atoms with van der Waals surface area (Å²) in [7, 11) is 3.10. The predicted molar refractivity (Wildman–Crippen MR) is 210 cm³/mol. The molecule has 56 heavy (non-hydrogen) atoms. The van der Waals surface area contributed by atoms with E-state index in [9.17, 15) is 14.4 Å². The number of benzene rings is 1. The van der Waals surface area contributed by atoms with E-state index in [1.165, 1.54) is 7.11 Å². The normalized spacial score (nSPS) is 17.3. The quantitative estimate of drug-likeness (QED) is 0.172. The van der Waals surface area contributed by atoms with E-state index in [1.54, 1.807) is 32.4 Å². The van der Waals surface area contributed by atoms with Crippen molar-refractivity contribution in [1.82, 2.24) is 39.8 Å². The summed E-state index contributed by atoms with van der Waals surface area (Å²) in [5.74, 6) is 0.979. The zero-order valence-corrected chi connectivity index (χ0v) is 32.6. The second-order valence-corrected chi connectivity index (χ2v) is 15.3. The number of alkyl carbamates (subject to hydrolysis) is 1. The van der Waals surface area contributed by atoms with Gasteiger partial charge in [-0.3, -0.25) is 19.5 Å². The number of likely N-dealkylation sites (tertiary alicyclic amines) is 2. The van der Waals surface area contributed by atoms with Gasteiger partial charge in [-0.1, -0.05) is 41.4 Å². The largest absolute Gasteiger partial charge is 0.493 e. The summed E-state index contributed by atoms with van der Waals surface area (Å²) in [4.78, 5) is 53.9. The Morgan fingerprint density at radius 3 is 2.50 bits per heavy atom. The molecule has 4 aromatic heterocycles. The molecule has 0 aliphatic carbocycles. The minimum Gasteiger partial charge on any atom is -0.493 e. The highest BCUT2D eigenvalue weighted by Gasteiger charge is 2.52. The van der Waals surface area contributed by atoms with E-state index in [4.69, 9.17) is 42.4 Å². The standard InChI is InChI=1S/C40H40Cl2N8O6/c1-23(51)50-21-40(22-50)19-48(20-40)16-27-17-49-15-25(13-32(54-2)37(49)46-27)36-35(42)29(11-12-43-36)28-5-4-6-30(34(28)41)31-9-7-24(38(47-31)55-3)18-56-39(53)44-14-26-8-10-33(52)45-26/h4-7,9,11-13,15,17,26H,8,10,14,16,18-22H2,1-3H3,(H,44,53)(H,45,52)/t26-/m0/s1. The van der Waals surface area contributed by atoms with Crippen LogP contribution in [-0.2, 0) is 27.5 Å². The molecule has 0 saturated carbocycles. The van der Waals surface area contributed by atoms with Crippen LogP contribution in [0.4, 0.5) is 4.79 Å². The van der Waals surface area contributed by atoms with Gasteiger partial charge >= 0.3 is 6.09 Å². The molecule has 2 N–H and O–H groups in total. The third kappa shape index (κ3) is 7.31. The maximum absolute atomic E-state index is 12.3. The number of nitrogens with one attached hydrogen (secondary N) is 2. The van der Waals surface area contributed by atoms with Crippen LogP contribution >= 0.6 is 23.2 Å². The number of amides is 3. The Bertz CT molecular complexity index is 2360. The molecule has 3 aliphatic heterocycles. The van der Waals surface area contributed by atoms with Crippen molar-refractivity contribution in [2.24, 2.45) is 5.41 Å². The van der Waals surface area contributed by atoms with Crippen LogP contribution in [0.1, 0.15) is 31.0 Å². The number of halogens is 2. The van der Waals surface area contributed by atoms with E-state index >= 15 is 0 Å². The van der Waals surface area contributed by atoms with Crippen molar-refractivity contribution in [2.75, 3.05) is 46.9 Å². The fraction of sp³-hybridized carbons (Fsp3) is 0.350. The van der Waals surface area contributed by atoms with Crippen LogP contribution in [-0.4, -0.2) is 100 Å². The predicted octanol–water partition coefficient (Wildman–Crippen LogP) is 5.62. The number of aromatic nitrogens is 4. The lowest BCUT2D eigenvalue weighted by molar-refractivity contribution is -0.157. The van der Waals surface area contributed by atoms with Gasteiger partial charge in [-0.15, -0.1) is 0 Å². The Morgan fingerprint density at radius 2 is 1.77 bits per heavy atom. The Kier molecular flexibility index (Phi) is 10.2. The zero-order chi connectivity index (χ0) is 39.1. The molecule has 7 heterocycles. The molecule has 290 valence electrons. The van der Waals surface area contributed by atoms with Crippen LogP contribution in [0.2, 0.25) is 10.0 Å². The third-order valence-corrected chi connectivity index (χ3v) is 11.4. The minimum atomic E-state index is -0.608. The Balaban J connectivity index is 0.992. The van der Waals surface area contributed by atoms with Crippen LogP contribution in [0.25, 0.3) is 39.3 Å². The summed E-state index contributed by atoms with van der Waals surface area (Å²) in [6, 6.07) is 12.8. The van der Waals surface area contributed by atoms with Gasteiger partial charge in [-0.05, 0) is 30.7 Å². The second kappa shape index (κ2) is 15.2. The number of hydrogen-bond donors (Lipinski definition) is 2. The molecule has 0 bridgehead atoms. The number of ether oxygens (including phenoxy) is 3. The summed E-state index contributed by atoms with van der Waals surface area (Å²) >= 11 is 14.3. The van der Waals surface area contributed by atoms with Crippen LogP contribution in [0, 0.1) is 5.41 Å². The first-order valence-corrected chi connectivity index (χ1v) is 19.0. The number of pyridine rings is 3. The summed E-state index contributed by atoms with van der Waals surface area (Å²) < 4.78 is 18.7. The average Bonchev–Trinajstić information content (AvgIpc) is 3.78. The van der Waals surface area contributed by atoms with Gasteiger partial charge < -0.3 is 34.1 Å². The molecule has 1 spiro atoms. The molecule has 3 aliphatic rings. The monoisotopic (exact) mass is 798 g/mol. The highest BCUT2D eigenvalue weighted by Crippen LogP contribution is 2.43. The van der Waals surface area contributed by atoms with Crippen molar-refractivity contribution in [2.45, 2.75) is 39.0 Å². The second-order valence-electron chi connectivity index (χ2n) is 14.6. The fourth-order valence-corrected chi connectivity index (χ4v) is 8.48. The molecule has 0 radical (unpaired) electrons. The molecule has 16 heteroatoms. The smallest absolute Gasteiger partial charge is 0.407 e. The molecule has 1 aromatic carbocycles. The Hall–Kier alpha value is -5.44. The fourth-order valence-electron chi connectivity index (χ4n) is 7.83. The van der Waals surface area contributed by atoms with Crippen molar-refractivity contribution in [1.29, 1.82) is 0 Å². The van der Waals surface area contributed by atoms with E-state index in [1.807, 2.05) is 52.0 Å². The topological polar surface area (TPSA) is 153 Å². The van der Waals surface area contributed by atoms with Gasteiger partial charge in [0, 0.05) is 105 Å². The number of rotatable bonds is 11. The number of hydrogen-bond acceptors (Lipinski definition) is 10. The summed E-state index contributed by atoms with van der Waals surface area (Å²) in [6.07, 6.45) is 6.15. The lowest BCUT2D eigenvalue weighted by atomic mass is 9.73. The first-order chi connectivity index (χ1) is 27.0. The molecule has 3 fully saturated rings. The van der Waals surface area contributed by atoms with Crippen molar-refractivity contribution in [3.63, 3.8) is 0 Å². The maximum Gasteiger partial charge on any atom is 0.407 e. The Labute approximate surface area is 333 Å². The molecule has 3 saturated heterocycles. The van der Waals surface area contributed by atoms with Gasteiger partial charge in [0.05, 0.1) is 46.9 Å². The molecule has 5 aromatic rings. The molecule has 3 amide bonds. The lowest BCUT2D eigenvalue weighted by Gasteiger charge is -2.60. The van der Waals surface area contributed by atoms with Gasteiger partial charge in [0.2, 0.25) is 17.7 Å². The van der Waals surface area contributed by atoms with Gasteiger partial charge in [-0.25, -0.2) is 14.8 Å². The molecule has 8 rings (SSSR count). The van der Waals surface area contributed by atoms with Crippen LogP contribution in [0.5, 0.6) is 11.6 Å². The van der Waals surface area contributed by atoms with Gasteiger partial charge in [0.1, 0.15) is 6.61 Å². The van der Waals surface area contributed by atoms with Crippen LogP contribution < -0.4 is 20.1 Å². The van der Waals surface area contributed by atoms with Gasteiger partial charge in [-0.2, -0.15) is 0 Å². The van der Waals surface area contributed by atoms with Crippen molar-refractivity contribution in [3.05, 3.63) is 82.4 Å². The number of nitrogens with zero attached hydrogens (tertiary/aromatic N) is 6. The first kappa shape index (κ1) is 37.5. The van der Waals surface area contributed by atoms with E-state index in [2.05, 4.69) is 25.5 Å². The van der Waals surface area contributed by atoms with E-state index in [-0.39, 0.29) is 42.3 Å². The lowest BCUT2D eigenvalue weighted by Crippen LogP contribution is -2.72. The minimum absolute atomic E-state index is 0.0228. The van der Waals surface area contributed by atoms with Crippen LogP contribution in [0.15, 0.2) is 61.1 Å². The third-order valence-electron chi connectivity index (χ3n) is 10.6. The molecule has 14 nitrogen and oxygen atoms in total. The highest BCUT2D eigenvalue weighted by atomic mass is 35.5. The van der Waals surface area contributed by atoms with E-state index in [0.717, 1.165) is 37.4 Å². The molecular formula is C40H40Cl2N8O6. The van der Waals surface area contributed by atoms with E-state index < -0.39 is 6.09 Å². The van der Waals surface area contributed by atoms with Gasteiger partial charge in [0.15, 0.2) is 11.4 Å². The summed E-state index contributed by atoms with van der Waals surface area (Å²) in [5, 5.41) is 6.32. The summed E-state index contributed by atoms with van der Waals surface area (Å²) in [5.41, 5.74) is 6.24. The SMILES string of the molecule is COc1nc(-c2cccc(-c3ccnc(-c4cc(OC)c5nc(CN6CC7(C6)CN(C(C)=O)C7)cn5c4)c3Cl)c2Cl)ccc1COC(=O)NC[C@@H]1CCC(=O)N1. The van der Waals surface area contributed by atoms with Crippen molar-refractivity contribution >= 4 is 46.8 Å². The molecular weight excluding hydrogens is 759 g/mol. The van der Waals surface area contributed by atoms with Crippen molar-refractivity contribution in [3.8, 4) is 45.3 Å². The number of methoxy groups -OCH3 is 2. The van der Waals surface area contributed by atoms with Gasteiger partial charge in [0.25, 0.3) is 0 Å². The first-order valence-electron chi connectivity index (χ1n) is 18.2. The summed E-state index contributed by atoms with van der Waals surface area (Å²) in [6.45, 7) is 6.08. The number of carbonyl (C=O) groups is 3. The van der Waals surface area contributed by atoms with Crippen molar-refractivity contribution < 1.29 is 28.6 Å².